The molecule has 4 rings (SSSR count). The Morgan fingerprint density at radius 1 is 1.24 bits per heavy atom. The molecule has 1 fully saturated rings. The predicted octanol–water partition coefficient (Wildman–Crippen LogP) is 4.77. The molecule has 0 radical (unpaired) electrons. The van der Waals surface area contributed by atoms with E-state index in [9.17, 15) is 5.11 Å². The van der Waals surface area contributed by atoms with Crippen molar-refractivity contribution in [1.82, 2.24) is 15.2 Å². The maximum Gasteiger partial charge on any atom is 0.170 e. The van der Waals surface area contributed by atoms with Crippen molar-refractivity contribution in [3.05, 3.63) is 76.2 Å². The minimum atomic E-state index is -0.137. The first kappa shape index (κ1) is 20.1. The summed E-state index contributed by atoms with van der Waals surface area (Å²) in [7, 11) is 0. The van der Waals surface area contributed by atoms with Crippen LogP contribution in [-0.2, 0) is 0 Å². The molecule has 1 aliphatic rings. The van der Waals surface area contributed by atoms with Crippen LogP contribution in [0.2, 0.25) is 0 Å². The summed E-state index contributed by atoms with van der Waals surface area (Å²) in [5.41, 5.74) is 3.09. The fraction of sp³-hybridized carbons (Fsp3) is 0.273. The van der Waals surface area contributed by atoms with Gasteiger partial charge in [-0.25, -0.2) is 0 Å². The van der Waals surface area contributed by atoms with E-state index in [-0.39, 0.29) is 18.7 Å². The smallest absolute Gasteiger partial charge is 0.170 e. The molecule has 0 saturated carbocycles. The van der Waals surface area contributed by atoms with Gasteiger partial charge in [-0.05, 0) is 67.5 Å². The van der Waals surface area contributed by atoms with Crippen LogP contribution in [0.5, 0.6) is 0 Å². The van der Waals surface area contributed by atoms with Crippen molar-refractivity contribution in [3.8, 4) is 11.3 Å². The minimum absolute atomic E-state index is 0.111. The molecule has 0 aliphatic carbocycles. The molecule has 7 heteroatoms. The van der Waals surface area contributed by atoms with Gasteiger partial charge in [0.1, 0.15) is 17.6 Å². The first-order chi connectivity index (χ1) is 14.1. The van der Waals surface area contributed by atoms with Gasteiger partial charge in [-0.2, -0.15) is 0 Å². The van der Waals surface area contributed by atoms with E-state index in [4.69, 9.17) is 16.6 Å². The van der Waals surface area contributed by atoms with Gasteiger partial charge in [0, 0.05) is 29.4 Å². The molecule has 0 amide bonds. The monoisotopic (exact) mass is 471 g/mol. The zero-order valence-electron chi connectivity index (χ0n) is 16.0. The Labute approximate surface area is 183 Å². The Morgan fingerprint density at radius 3 is 2.83 bits per heavy atom. The van der Waals surface area contributed by atoms with Crippen LogP contribution in [-0.4, -0.2) is 33.3 Å². The van der Waals surface area contributed by atoms with Gasteiger partial charge in [0.2, 0.25) is 0 Å². The number of benzene rings is 1. The number of hydrogen-bond donors (Lipinski definition) is 2. The Kier molecular flexibility index (Phi) is 5.99. The first-order valence-corrected chi connectivity index (χ1v) is 10.7. The molecule has 0 spiro atoms. The van der Waals surface area contributed by atoms with E-state index < -0.39 is 0 Å². The maximum absolute atomic E-state index is 9.33. The van der Waals surface area contributed by atoms with Gasteiger partial charge in [-0.1, -0.05) is 28.1 Å². The summed E-state index contributed by atoms with van der Waals surface area (Å²) in [5, 5.41) is 13.4. The van der Waals surface area contributed by atoms with E-state index in [0.717, 1.165) is 27.3 Å². The molecular formula is C22H22BrN3O2S. The summed E-state index contributed by atoms with van der Waals surface area (Å²) in [5.74, 6) is 1.61. The molecule has 1 aromatic carbocycles. The highest BCUT2D eigenvalue weighted by molar-refractivity contribution is 9.10. The third-order valence-electron chi connectivity index (χ3n) is 5.06. The number of nitrogens with zero attached hydrogens (tertiary/aromatic N) is 2. The van der Waals surface area contributed by atoms with Crippen LogP contribution in [0.1, 0.15) is 35.5 Å². The molecule has 2 atom stereocenters. The lowest BCUT2D eigenvalue weighted by molar-refractivity contribution is 0.233. The lowest BCUT2D eigenvalue weighted by Crippen LogP contribution is -2.30. The standard InChI is InChI=1S/C22H22BrN3O2S/c1-14-6-7-15(16(23)13-14)18-8-9-19(28-18)21-20(17-5-2-3-10-24-17)25-22(29)26(21)11-4-12-27/h2-3,5-10,13,20-21,27H,4,11-12H2,1H3,(H,25,29)/t20-,21+/m1/s1. The molecule has 5 nitrogen and oxygen atoms in total. The zero-order chi connectivity index (χ0) is 20.4. The van der Waals surface area contributed by atoms with Gasteiger partial charge in [0.05, 0.1) is 11.7 Å². The maximum atomic E-state index is 9.33. The van der Waals surface area contributed by atoms with Crippen molar-refractivity contribution >= 4 is 33.3 Å². The lowest BCUT2D eigenvalue weighted by Gasteiger charge is -2.25. The van der Waals surface area contributed by atoms with E-state index in [0.29, 0.717) is 18.1 Å². The molecule has 2 N–H and O–H groups in total. The van der Waals surface area contributed by atoms with Gasteiger partial charge in [0.15, 0.2) is 5.11 Å². The second-order valence-electron chi connectivity index (χ2n) is 7.08. The Morgan fingerprint density at radius 2 is 2.10 bits per heavy atom. The third-order valence-corrected chi connectivity index (χ3v) is 6.07. The van der Waals surface area contributed by atoms with Gasteiger partial charge < -0.3 is 19.7 Å². The fourth-order valence-corrected chi connectivity index (χ4v) is 4.69. The van der Waals surface area contributed by atoms with Gasteiger partial charge >= 0.3 is 0 Å². The van der Waals surface area contributed by atoms with Gasteiger partial charge in [-0.15, -0.1) is 0 Å². The summed E-state index contributed by atoms with van der Waals surface area (Å²) in [6.07, 6.45) is 2.41. The molecular weight excluding hydrogens is 450 g/mol. The molecule has 2 aromatic heterocycles. The Balaban J connectivity index is 1.72. The number of furan rings is 1. The summed E-state index contributed by atoms with van der Waals surface area (Å²) in [6.45, 7) is 2.81. The number of aromatic nitrogens is 1. The normalized spacial score (nSPS) is 18.9. The number of pyridine rings is 1. The van der Waals surface area contributed by atoms with E-state index in [2.05, 4.69) is 56.3 Å². The van der Waals surface area contributed by atoms with Crippen molar-refractivity contribution in [1.29, 1.82) is 0 Å². The molecule has 150 valence electrons. The summed E-state index contributed by atoms with van der Waals surface area (Å²) in [4.78, 5) is 6.61. The van der Waals surface area contributed by atoms with Crippen LogP contribution >= 0.6 is 28.1 Å². The molecule has 3 heterocycles. The first-order valence-electron chi connectivity index (χ1n) is 9.53. The minimum Gasteiger partial charge on any atom is -0.459 e. The van der Waals surface area contributed by atoms with Gasteiger partial charge in [-0.3, -0.25) is 4.98 Å². The molecule has 0 unspecified atom stereocenters. The molecule has 3 aromatic rings. The average Bonchev–Trinajstić information content (AvgIpc) is 3.31. The molecule has 1 aliphatic heterocycles. The van der Waals surface area contributed by atoms with Crippen molar-refractivity contribution in [2.24, 2.45) is 0 Å². The number of halogens is 1. The Bertz CT molecular complexity index is 1010. The highest BCUT2D eigenvalue weighted by Crippen LogP contribution is 2.41. The number of aryl methyl sites for hydroxylation is 1. The highest BCUT2D eigenvalue weighted by Gasteiger charge is 2.41. The fourth-order valence-electron chi connectivity index (χ4n) is 3.67. The largest absolute Gasteiger partial charge is 0.459 e. The number of aliphatic hydroxyl groups is 1. The van der Waals surface area contributed by atoms with Crippen LogP contribution in [0.4, 0.5) is 0 Å². The number of thiocarbonyl (C=S) groups is 1. The Hall–Kier alpha value is -2.22. The van der Waals surface area contributed by atoms with E-state index in [1.807, 2.05) is 30.3 Å². The van der Waals surface area contributed by atoms with E-state index >= 15 is 0 Å². The van der Waals surface area contributed by atoms with E-state index in [1.165, 1.54) is 5.56 Å². The summed E-state index contributed by atoms with van der Waals surface area (Å²) in [6, 6.07) is 15.8. The van der Waals surface area contributed by atoms with Crippen LogP contribution in [0.25, 0.3) is 11.3 Å². The van der Waals surface area contributed by atoms with Crippen molar-refractivity contribution in [3.63, 3.8) is 0 Å². The van der Waals surface area contributed by atoms with Crippen LogP contribution in [0.3, 0.4) is 0 Å². The van der Waals surface area contributed by atoms with Crippen molar-refractivity contribution in [2.75, 3.05) is 13.2 Å². The predicted molar refractivity (Wildman–Crippen MR) is 120 cm³/mol. The quantitative estimate of drug-likeness (QED) is 0.505. The highest BCUT2D eigenvalue weighted by atomic mass is 79.9. The molecule has 1 saturated heterocycles. The second-order valence-corrected chi connectivity index (χ2v) is 8.32. The summed E-state index contributed by atoms with van der Waals surface area (Å²) < 4.78 is 7.32. The lowest BCUT2D eigenvalue weighted by atomic mass is 10.0. The number of aliphatic hydroxyl groups excluding tert-OH is 1. The second kappa shape index (κ2) is 8.65. The van der Waals surface area contributed by atoms with Crippen LogP contribution in [0, 0.1) is 6.92 Å². The SMILES string of the molecule is Cc1ccc(-c2ccc([C@H]3[C@@H](c4ccccn4)NC(=S)N3CCCO)o2)c(Br)c1. The third kappa shape index (κ3) is 4.08. The number of hydrogen-bond acceptors (Lipinski definition) is 4. The van der Waals surface area contributed by atoms with E-state index in [1.54, 1.807) is 6.20 Å². The number of rotatable bonds is 6. The van der Waals surface area contributed by atoms with Crippen LogP contribution in [0.15, 0.2) is 63.6 Å². The topological polar surface area (TPSA) is 61.5 Å². The zero-order valence-corrected chi connectivity index (χ0v) is 18.4. The van der Waals surface area contributed by atoms with Crippen molar-refractivity contribution < 1.29 is 9.52 Å². The van der Waals surface area contributed by atoms with Crippen LogP contribution < -0.4 is 5.32 Å². The molecule has 29 heavy (non-hydrogen) atoms. The van der Waals surface area contributed by atoms with Crippen molar-refractivity contribution in [2.45, 2.75) is 25.4 Å². The summed E-state index contributed by atoms with van der Waals surface area (Å²) >= 11 is 9.24. The number of nitrogens with one attached hydrogen (secondary N) is 1. The van der Waals surface area contributed by atoms with Gasteiger partial charge in [0.25, 0.3) is 0 Å². The molecule has 0 bridgehead atoms. The average molecular weight is 472 g/mol.